The van der Waals surface area contributed by atoms with Gasteiger partial charge in [-0.1, -0.05) is 29.8 Å². The number of para-hydroxylation sites is 1. The number of fused-ring (bicyclic) bond motifs is 1. The average Bonchev–Trinajstić information content (AvgIpc) is 2.68. The van der Waals surface area contributed by atoms with Crippen LogP contribution in [0.3, 0.4) is 0 Å². The van der Waals surface area contributed by atoms with Crippen LogP contribution >= 0.6 is 11.6 Å². The van der Waals surface area contributed by atoms with E-state index in [9.17, 15) is 18.0 Å². The Morgan fingerprint density at radius 3 is 2.55 bits per heavy atom. The zero-order valence-electron chi connectivity index (χ0n) is 15.3. The summed E-state index contributed by atoms with van der Waals surface area (Å²) in [7, 11) is 1.63. The molecule has 9 heteroatoms. The van der Waals surface area contributed by atoms with Gasteiger partial charge in [-0.05, 0) is 36.4 Å². The lowest BCUT2D eigenvalue weighted by Crippen LogP contribution is -2.26. The summed E-state index contributed by atoms with van der Waals surface area (Å²) in [5, 5.41) is 3.66. The Hall–Kier alpha value is -3.00. The first kappa shape index (κ1) is 20.7. The van der Waals surface area contributed by atoms with Gasteiger partial charge in [0.15, 0.2) is 0 Å². The van der Waals surface area contributed by atoms with E-state index in [1.807, 2.05) is 0 Å². The molecule has 2 aromatic carbocycles. The van der Waals surface area contributed by atoms with E-state index in [2.05, 4.69) is 10.3 Å². The minimum Gasteiger partial charge on any atom is -0.447 e. The maximum absolute atomic E-state index is 13.2. The predicted octanol–water partition coefficient (Wildman–Crippen LogP) is 5.59. The van der Waals surface area contributed by atoms with Gasteiger partial charge >= 0.3 is 12.3 Å². The van der Waals surface area contributed by atoms with Crippen LogP contribution in [0.2, 0.25) is 5.02 Å². The lowest BCUT2D eigenvalue weighted by Gasteiger charge is -2.22. The number of nitrogens with one attached hydrogen (secondary N) is 1. The molecule has 0 saturated heterocycles. The summed E-state index contributed by atoms with van der Waals surface area (Å²) < 4.78 is 44.7. The first-order chi connectivity index (χ1) is 13.7. The van der Waals surface area contributed by atoms with Gasteiger partial charge in [0.1, 0.15) is 12.3 Å². The molecule has 0 saturated carbocycles. The number of benzene rings is 2. The lowest BCUT2D eigenvalue weighted by atomic mass is 10.1. The molecule has 3 aromatic rings. The van der Waals surface area contributed by atoms with Crippen LogP contribution in [0.1, 0.15) is 5.69 Å². The summed E-state index contributed by atoms with van der Waals surface area (Å²) in [6.45, 7) is 0.174. The standard InChI is InChI=1S/C20H17ClF3N3O2/c1-27(10-11-29-19(28)25-14-8-6-13(21)7-9-14)17-12-18(20(22,23)24)26-16-5-3-2-4-15(16)17/h2-9,12H,10-11H2,1H3,(H,25,28). The third-order valence-electron chi connectivity index (χ3n) is 4.15. The number of anilines is 2. The van der Waals surface area contributed by atoms with Crippen molar-refractivity contribution in [1.29, 1.82) is 0 Å². The van der Waals surface area contributed by atoms with Crippen LogP contribution in [0.4, 0.5) is 29.3 Å². The zero-order valence-corrected chi connectivity index (χ0v) is 16.1. The van der Waals surface area contributed by atoms with Crippen LogP contribution in [0.15, 0.2) is 54.6 Å². The molecule has 0 fully saturated rings. The molecule has 1 N–H and O–H groups in total. The SMILES string of the molecule is CN(CCOC(=O)Nc1ccc(Cl)cc1)c1cc(C(F)(F)F)nc2ccccc12. The van der Waals surface area contributed by atoms with Crippen molar-refractivity contribution in [2.75, 3.05) is 30.4 Å². The van der Waals surface area contributed by atoms with Crippen molar-refractivity contribution in [2.24, 2.45) is 0 Å². The van der Waals surface area contributed by atoms with Crippen molar-refractivity contribution in [3.8, 4) is 0 Å². The number of nitrogens with zero attached hydrogens (tertiary/aromatic N) is 2. The highest BCUT2D eigenvalue weighted by molar-refractivity contribution is 6.30. The molecule has 1 aromatic heterocycles. The quantitative estimate of drug-likeness (QED) is 0.581. The van der Waals surface area contributed by atoms with Gasteiger partial charge in [0.2, 0.25) is 0 Å². The van der Waals surface area contributed by atoms with E-state index >= 15 is 0 Å². The van der Waals surface area contributed by atoms with Crippen molar-refractivity contribution in [1.82, 2.24) is 4.98 Å². The Balaban J connectivity index is 1.67. The largest absolute Gasteiger partial charge is 0.447 e. The highest BCUT2D eigenvalue weighted by atomic mass is 35.5. The molecule has 29 heavy (non-hydrogen) atoms. The average molecular weight is 424 g/mol. The van der Waals surface area contributed by atoms with Crippen LogP contribution in [-0.4, -0.2) is 31.3 Å². The van der Waals surface area contributed by atoms with E-state index in [1.54, 1.807) is 54.4 Å². The van der Waals surface area contributed by atoms with Gasteiger partial charge in [-0.25, -0.2) is 9.78 Å². The van der Waals surface area contributed by atoms with E-state index in [4.69, 9.17) is 16.3 Å². The van der Waals surface area contributed by atoms with Crippen molar-refractivity contribution >= 4 is 40.0 Å². The van der Waals surface area contributed by atoms with Crippen molar-refractivity contribution < 1.29 is 22.7 Å². The molecule has 3 rings (SSSR count). The maximum atomic E-state index is 13.2. The second-order valence-electron chi connectivity index (χ2n) is 6.23. The summed E-state index contributed by atoms with van der Waals surface area (Å²) >= 11 is 5.78. The monoisotopic (exact) mass is 423 g/mol. The summed E-state index contributed by atoms with van der Waals surface area (Å²) in [4.78, 5) is 17.2. The molecular formula is C20H17ClF3N3O2. The fraction of sp³-hybridized carbons (Fsp3) is 0.200. The molecule has 1 amide bonds. The van der Waals surface area contributed by atoms with E-state index in [0.29, 0.717) is 21.8 Å². The Kier molecular flexibility index (Phi) is 6.12. The molecule has 1 heterocycles. The van der Waals surface area contributed by atoms with Gasteiger partial charge in [-0.15, -0.1) is 0 Å². The fourth-order valence-electron chi connectivity index (χ4n) is 2.70. The fourth-order valence-corrected chi connectivity index (χ4v) is 2.83. The zero-order chi connectivity index (χ0) is 21.0. The number of hydrogen-bond donors (Lipinski definition) is 1. The van der Waals surface area contributed by atoms with Gasteiger partial charge in [-0.2, -0.15) is 13.2 Å². The van der Waals surface area contributed by atoms with Crippen LogP contribution in [0.5, 0.6) is 0 Å². The molecule has 0 atom stereocenters. The van der Waals surface area contributed by atoms with E-state index in [0.717, 1.165) is 6.07 Å². The Labute approximate surface area is 170 Å². The number of carbonyl (C=O) groups is 1. The number of hydrogen-bond acceptors (Lipinski definition) is 4. The third-order valence-corrected chi connectivity index (χ3v) is 4.40. The summed E-state index contributed by atoms with van der Waals surface area (Å²) in [6.07, 6.45) is -5.23. The molecule has 0 radical (unpaired) electrons. The number of alkyl halides is 3. The molecule has 152 valence electrons. The van der Waals surface area contributed by atoms with E-state index < -0.39 is 18.0 Å². The molecule has 5 nitrogen and oxygen atoms in total. The van der Waals surface area contributed by atoms with Crippen molar-refractivity contribution in [3.63, 3.8) is 0 Å². The van der Waals surface area contributed by atoms with Gasteiger partial charge < -0.3 is 9.64 Å². The Morgan fingerprint density at radius 1 is 1.17 bits per heavy atom. The molecule has 0 aliphatic heterocycles. The molecule has 0 spiro atoms. The Morgan fingerprint density at radius 2 is 1.86 bits per heavy atom. The smallest absolute Gasteiger partial charge is 0.433 e. The van der Waals surface area contributed by atoms with Crippen LogP contribution in [0.25, 0.3) is 10.9 Å². The summed E-state index contributed by atoms with van der Waals surface area (Å²) in [5.41, 5.74) is 0.136. The highest BCUT2D eigenvalue weighted by Gasteiger charge is 2.33. The molecule has 0 aliphatic carbocycles. The van der Waals surface area contributed by atoms with Crippen LogP contribution in [-0.2, 0) is 10.9 Å². The van der Waals surface area contributed by atoms with Crippen molar-refractivity contribution in [3.05, 3.63) is 65.3 Å². The number of amides is 1. The number of halogens is 4. The van der Waals surface area contributed by atoms with E-state index in [1.165, 1.54) is 6.07 Å². The molecule has 0 bridgehead atoms. The second-order valence-corrected chi connectivity index (χ2v) is 6.67. The third kappa shape index (κ3) is 5.29. The summed E-state index contributed by atoms with van der Waals surface area (Å²) in [6, 6.07) is 14.1. The first-order valence-electron chi connectivity index (χ1n) is 8.61. The number of pyridine rings is 1. The highest BCUT2D eigenvalue weighted by Crippen LogP contribution is 2.34. The van der Waals surface area contributed by atoms with Gasteiger partial charge in [0.25, 0.3) is 0 Å². The second kappa shape index (κ2) is 8.57. The van der Waals surface area contributed by atoms with Gasteiger partial charge in [0, 0.05) is 28.8 Å². The molecule has 0 aliphatic rings. The molecule has 0 unspecified atom stereocenters. The topological polar surface area (TPSA) is 54.5 Å². The lowest BCUT2D eigenvalue weighted by molar-refractivity contribution is -0.140. The van der Waals surface area contributed by atoms with E-state index in [-0.39, 0.29) is 18.7 Å². The summed E-state index contributed by atoms with van der Waals surface area (Å²) in [5.74, 6) is 0. The maximum Gasteiger partial charge on any atom is 0.433 e. The Bertz CT molecular complexity index is 1010. The van der Waals surface area contributed by atoms with Gasteiger partial charge in [0.05, 0.1) is 12.1 Å². The number of rotatable bonds is 5. The van der Waals surface area contributed by atoms with Crippen LogP contribution in [0, 0.1) is 0 Å². The minimum atomic E-state index is -4.56. The van der Waals surface area contributed by atoms with Crippen molar-refractivity contribution in [2.45, 2.75) is 6.18 Å². The predicted molar refractivity (Wildman–Crippen MR) is 106 cm³/mol. The normalized spacial score (nSPS) is 11.3. The first-order valence-corrected chi connectivity index (χ1v) is 8.99. The number of aromatic nitrogens is 1. The molecular weight excluding hydrogens is 407 g/mol. The number of ether oxygens (including phenoxy) is 1. The minimum absolute atomic E-state index is 0.0199. The van der Waals surface area contributed by atoms with Crippen LogP contribution < -0.4 is 10.2 Å². The van der Waals surface area contributed by atoms with Gasteiger partial charge in [-0.3, -0.25) is 5.32 Å². The number of likely N-dealkylation sites (N-methyl/N-ethyl adjacent to an activating group) is 1. The number of carbonyl (C=O) groups excluding carboxylic acids is 1.